The van der Waals surface area contributed by atoms with Crippen LogP contribution in [-0.4, -0.2) is 37.7 Å². The van der Waals surface area contributed by atoms with Crippen molar-refractivity contribution in [2.24, 2.45) is 10.2 Å². The average molecular weight is 473 g/mol. The Kier molecular flexibility index (Phi) is 7.20. The largest absolute Gasteiger partial charge is 1.00 e. The van der Waals surface area contributed by atoms with Crippen LogP contribution < -0.4 is 29.6 Å². The molecular weight excluding hydrogens is 461 g/mol. The molecule has 156 valence electrons. The van der Waals surface area contributed by atoms with E-state index in [2.05, 4.69) is 10.2 Å². The molecule has 0 saturated heterocycles. The van der Waals surface area contributed by atoms with Gasteiger partial charge in [-0.1, -0.05) is 12.1 Å². The second kappa shape index (κ2) is 8.98. The predicted octanol–water partition coefficient (Wildman–Crippen LogP) is 0.181. The first-order valence-corrected chi connectivity index (χ1v) is 11.3. The fraction of sp³-hybridized carbons (Fsp3) is 0.0588. The Morgan fingerprint density at radius 2 is 1.55 bits per heavy atom. The van der Waals surface area contributed by atoms with Crippen molar-refractivity contribution in [2.45, 2.75) is 9.79 Å². The Morgan fingerprint density at radius 1 is 0.935 bits per heavy atom. The van der Waals surface area contributed by atoms with E-state index < -0.39 is 40.4 Å². The number of rotatable bonds is 5. The molecule has 0 aliphatic carbocycles. The molecule has 11 nitrogen and oxygen atoms in total. The molecule has 0 atom stereocenters. The first-order chi connectivity index (χ1) is 13.9. The van der Waals surface area contributed by atoms with Crippen molar-refractivity contribution >= 4 is 47.8 Å². The van der Waals surface area contributed by atoms with Gasteiger partial charge in [-0.25, -0.2) is 16.8 Å². The number of hydrogen-bond acceptors (Lipinski definition) is 10. The van der Waals surface area contributed by atoms with E-state index in [1.165, 1.54) is 24.3 Å². The van der Waals surface area contributed by atoms with Crippen LogP contribution in [0.25, 0.3) is 10.8 Å². The maximum absolute atomic E-state index is 12.0. The SMILES string of the molecule is CS(=O)(=O)c1cc([N+](=O)[O-])ccc1N=Nc1ccc(O)c2cccc(S(=O)(=O)[O-])c12.[Na+]. The van der Waals surface area contributed by atoms with Gasteiger partial charge in [0.2, 0.25) is 0 Å². The molecule has 3 rings (SSSR count). The van der Waals surface area contributed by atoms with Gasteiger partial charge in [-0.2, -0.15) is 0 Å². The van der Waals surface area contributed by atoms with Crippen LogP contribution in [-0.2, 0) is 20.0 Å². The second-order valence-corrected chi connectivity index (χ2v) is 9.45. The molecule has 1 N–H and O–H groups in total. The number of phenolic OH excluding ortho intramolecular Hbond substituents is 1. The van der Waals surface area contributed by atoms with Gasteiger partial charge < -0.3 is 9.66 Å². The molecule has 0 spiro atoms. The summed E-state index contributed by atoms with van der Waals surface area (Å²) >= 11 is 0. The normalized spacial score (nSPS) is 12.1. The minimum atomic E-state index is -4.93. The zero-order chi connectivity index (χ0) is 22.3. The van der Waals surface area contributed by atoms with Gasteiger partial charge in [0.25, 0.3) is 5.69 Å². The number of sulfone groups is 1. The molecule has 3 aromatic rings. The number of aromatic hydroxyl groups is 1. The maximum Gasteiger partial charge on any atom is 1.00 e. The van der Waals surface area contributed by atoms with Crippen LogP contribution in [0.1, 0.15) is 0 Å². The van der Waals surface area contributed by atoms with Gasteiger partial charge in [-0.3, -0.25) is 10.1 Å². The summed E-state index contributed by atoms with van der Waals surface area (Å²) in [4.78, 5) is 9.06. The molecule has 0 amide bonds. The molecule has 0 unspecified atom stereocenters. The molecule has 3 aromatic carbocycles. The number of non-ortho nitro benzene ring substituents is 1. The zero-order valence-corrected chi connectivity index (χ0v) is 19.7. The Hall–Kier alpha value is -2.42. The van der Waals surface area contributed by atoms with Gasteiger partial charge in [0, 0.05) is 29.2 Å². The van der Waals surface area contributed by atoms with Crippen LogP contribution in [0.5, 0.6) is 5.75 Å². The van der Waals surface area contributed by atoms with E-state index in [-0.39, 0.29) is 57.5 Å². The van der Waals surface area contributed by atoms with Gasteiger partial charge in [-0.15, -0.1) is 10.2 Å². The van der Waals surface area contributed by atoms with Crippen molar-refractivity contribution in [2.75, 3.05) is 6.26 Å². The Morgan fingerprint density at radius 3 is 2.13 bits per heavy atom. The van der Waals surface area contributed by atoms with Crippen molar-refractivity contribution in [3.8, 4) is 5.75 Å². The van der Waals surface area contributed by atoms with Crippen molar-refractivity contribution in [3.63, 3.8) is 0 Å². The van der Waals surface area contributed by atoms with Gasteiger partial charge in [-0.05, 0) is 24.3 Å². The van der Waals surface area contributed by atoms with Crippen LogP contribution >= 0.6 is 0 Å². The number of nitrogens with zero attached hydrogens (tertiary/aromatic N) is 3. The van der Waals surface area contributed by atoms with Crippen LogP contribution in [0.2, 0.25) is 0 Å². The third-order valence-electron chi connectivity index (χ3n) is 4.05. The monoisotopic (exact) mass is 473 g/mol. The number of fused-ring (bicyclic) bond motifs is 1. The number of nitro benzene ring substituents is 1. The molecule has 0 heterocycles. The number of benzene rings is 3. The van der Waals surface area contributed by atoms with Gasteiger partial charge in [0.1, 0.15) is 26.5 Å². The smallest absolute Gasteiger partial charge is 0.744 e. The third kappa shape index (κ3) is 5.26. The molecule has 0 aromatic heterocycles. The van der Waals surface area contributed by atoms with E-state index in [4.69, 9.17) is 0 Å². The minimum Gasteiger partial charge on any atom is -0.744 e. The van der Waals surface area contributed by atoms with Gasteiger partial charge in [0.05, 0.1) is 15.5 Å². The van der Waals surface area contributed by atoms with Crippen LogP contribution in [0.15, 0.2) is 68.6 Å². The Labute approximate surface area is 198 Å². The number of hydrogen-bond donors (Lipinski definition) is 1. The Bertz CT molecular complexity index is 1440. The summed E-state index contributed by atoms with van der Waals surface area (Å²) in [5.41, 5.74) is -0.827. The van der Waals surface area contributed by atoms with Crippen LogP contribution in [0.4, 0.5) is 17.1 Å². The Balaban J connectivity index is 0.00000341. The average Bonchev–Trinajstić information content (AvgIpc) is 2.65. The van der Waals surface area contributed by atoms with E-state index >= 15 is 0 Å². The number of nitro groups is 1. The van der Waals surface area contributed by atoms with Crippen LogP contribution in [0.3, 0.4) is 0 Å². The summed E-state index contributed by atoms with van der Waals surface area (Å²) in [6.07, 6.45) is 0.836. The topological polar surface area (TPSA) is 179 Å². The first-order valence-electron chi connectivity index (χ1n) is 8.00. The van der Waals surface area contributed by atoms with Gasteiger partial charge in [0.15, 0.2) is 9.84 Å². The van der Waals surface area contributed by atoms with Gasteiger partial charge >= 0.3 is 29.6 Å². The van der Waals surface area contributed by atoms with Crippen LogP contribution in [0, 0.1) is 10.1 Å². The zero-order valence-electron chi connectivity index (χ0n) is 16.1. The molecule has 0 fully saturated rings. The summed E-state index contributed by atoms with van der Waals surface area (Å²) < 4.78 is 58.9. The van der Waals surface area contributed by atoms with Crippen molar-refractivity contribution in [1.82, 2.24) is 0 Å². The molecule has 0 aliphatic rings. The molecule has 0 aliphatic heterocycles. The third-order valence-corrected chi connectivity index (χ3v) is 6.05. The van der Waals surface area contributed by atoms with E-state index in [0.29, 0.717) is 0 Å². The summed E-state index contributed by atoms with van der Waals surface area (Å²) in [7, 11) is -8.85. The summed E-state index contributed by atoms with van der Waals surface area (Å²) in [6.45, 7) is 0. The number of azo groups is 1. The minimum absolute atomic E-state index is 0. The van der Waals surface area contributed by atoms with E-state index in [9.17, 15) is 36.6 Å². The fourth-order valence-electron chi connectivity index (χ4n) is 2.74. The quantitative estimate of drug-likeness (QED) is 0.179. The summed E-state index contributed by atoms with van der Waals surface area (Å²) in [5, 5.41) is 28.4. The second-order valence-electron chi connectivity index (χ2n) is 6.12. The van der Waals surface area contributed by atoms with Crippen molar-refractivity contribution in [1.29, 1.82) is 0 Å². The first kappa shape index (κ1) is 24.8. The van der Waals surface area contributed by atoms with E-state index in [1.807, 2.05) is 0 Å². The fourth-order valence-corrected chi connectivity index (χ4v) is 4.27. The maximum atomic E-state index is 12.0. The summed E-state index contributed by atoms with van der Waals surface area (Å²) in [6, 6.07) is 9.00. The standard InChI is InChI=1S/C17H13N3O8S2.Na/c1-29(24,25)16-9-10(20(22)23)5-6-12(16)18-19-13-7-8-14(21)11-3-2-4-15(17(11)13)30(26,27)28;/h2-9,21H,1H3,(H,26,27,28);/q;+1/p-1. The van der Waals surface area contributed by atoms with Crippen molar-refractivity contribution < 1.29 is 61.0 Å². The summed E-state index contributed by atoms with van der Waals surface area (Å²) in [5.74, 6) is -0.304. The molecule has 0 radical (unpaired) electrons. The van der Waals surface area contributed by atoms with E-state index in [0.717, 1.165) is 30.5 Å². The molecular formula is C17H12N3NaO8S2. The molecule has 14 heteroatoms. The molecule has 0 bridgehead atoms. The predicted molar refractivity (Wildman–Crippen MR) is 104 cm³/mol. The molecule has 31 heavy (non-hydrogen) atoms. The van der Waals surface area contributed by atoms with E-state index in [1.54, 1.807) is 0 Å². The molecule has 0 saturated carbocycles. The number of phenols is 1. The van der Waals surface area contributed by atoms with Crippen molar-refractivity contribution in [3.05, 3.63) is 58.6 Å².